The minimum atomic E-state index is 0.307. The van der Waals surface area contributed by atoms with Gasteiger partial charge < -0.3 is 19.5 Å². The molecule has 0 saturated carbocycles. The lowest BCUT2D eigenvalue weighted by Crippen LogP contribution is -2.37. The summed E-state index contributed by atoms with van der Waals surface area (Å²) < 4.78 is 16.0. The van der Waals surface area contributed by atoms with Gasteiger partial charge in [0.2, 0.25) is 11.8 Å². The van der Waals surface area contributed by atoms with Gasteiger partial charge in [-0.15, -0.1) is 0 Å². The molecule has 2 heterocycles. The summed E-state index contributed by atoms with van der Waals surface area (Å²) in [6.45, 7) is 3.53. The van der Waals surface area contributed by atoms with Crippen LogP contribution in [0.25, 0.3) is 0 Å². The molecule has 6 nitrogen and oxygen atoms in total. The maximum Gasteiger partial charge on any atom is 0.224 e. The molecule has 0 radical (unpaired) electrons. The van der Waals surface area contributed by atoms with E-state index in [2.05, 4.69) is 22.2 Å². The van der Waals surface area contributed by atoms with Crippen LogP contribution in [0, 0.1) is 0 Å². The Balaban J connectivity index is 2.01. The molecule has 1 aromatic heterocycles. The topological polar surface area (TPSA) is 65.5 Å². The van der Waals surface area contributed by atoms with Crippen molar-refractivity contribution in [3.63, 3.8) is 0 Å². The third-order valence-electron chi connectivity index (χ3n) is 3.31. The fourth-order valence-electron chi connectivity index (χ4n) is 2.31. The predicted molar refractivity (Wildman–Crippen MR) is 70.4 cm³/mol. The van der Waals surface area contributed by atoms with E-state index in [1.807, 2.05) is 0 Å². The van der Waals surface area contributed by atoms with Crippen LogP contribution < -0.4 is 14.8 Å². The Bertz CT molecular complexity index is 392. The monoisotopic (exact) mass is 267 g/mol. The number of hydrogen-bond acceptors (Lipinski definition) is 6. The van der Waals surface area contributed by atoms with Crippen molar-refractivity contribution >= 4 is 0 Å². The van der Waals surface area contributed by atoms with Gasteiger partial charge in [-0.3, -0.25) is 0 Å². The average Bonchev–Trinajstić information content (AvgIpc) is 2.44. The highest BCUT2D eigenvalue weighted by Gasteiger charge is 2.20. The summed E-state index contributed by atoms with van der Waals surface area (Å²) in [4.78, 5) is 8.21. The molecule has 2 rings (SSSR count). The second-order valence-corrected chi connectivity index (χ2v) is 4.65. The third-order valence-corrected chi connectivity index (χ3v) is 3.31. The first-order valence-electron chi connectivity index (χ1n) is 6.51. The Morgan fingerprint density at radius 3 is 2.58 bits per heavy atom. The molecule has 0 spiro atoms. The molecule has 2 atom stereocenters. The molecule has 1 N–H and O–H groups in total. The van der Waals surface area contributed by atoms with Gasteiger partial charge in [0.15, 0.2) is 0 Å². The summed E-state index contributed by atoms with van der Waals surface area (Å²) in [5, 5.41) is 3.50. The normalized spacial score (nSPS) is 23.1. The van der Waals surface area contributed by atoms with Crippen molar-refractivity contribution in [3.05, 3.63) is 11.9 Å². The molecule has 1 aromatic rings. The van der Waals surface area contributed by atoms with Gasteiger partial charge in [-0.05, 0) is 19.8 Å². The molecule has 1 saturated heterocycles. The average molecular weight is 267 g/mol. The van der Waals surface area contributed by atoms with Crippen molar-refractivity contribution < 1.29 is 14.2 Å². The van der Waals surface area contributed by atoms with Gasteiger partial charge in [0.1, 0.15) is 6.33 Å². The van der Waals surface area contributed by atoms with Crippen LogP contribution in [0.2, 0.25) is 0 Å². The molecule has 2 unspecified atom stereocenters. The van der Waals surface area contributed by atoms with Gasteiger partial charge in [0, 0.05) is 19.2 Å². The summed E-state index contributed by atoms with van der Waals surface area (Å²) in [6.07, 6.45) is 3.78. The summed E-state index contributed by atoms with van der Waals surface area (Å²) in [5.74, 6) is 1.11. The highest BCUT2D eigenvalue weighted by molar-refractivity contribution is 5.34. The van der Waals surface area contributed by atoms with Crippen molar-refractivity contribution in [1.29, 1.82) is 0 Å². The van der Waals surface area contributed by atoms with Gasteiger partial charge >= 0.3 is 0 Å². The maximum atomic E-state index is 5.54. The Morgan fingerprint density at radius 1 is 1.32 bits per heavy atom. The molecule has 0 aliphatic carbocycles. The molecule has 0 aromatic carbocycles. The van der Waals surface area contributed by atoms with Crippen LogP contribution >= 0.6 is 0 Å². The highest BCUT2D eigenvalue weighted by Crippen LogP contribution is 2.24. The van der Waals surface area contributed by atoms with Crippen molar-refractivity contribution in [1.82, 2.24) is 15.3 Å². The zero-order valence-corrected chi connectivity index (χ0v) is 11.7. The molecule has 1 fully saturated rings. The van der Waals surface area contributed by atoms with Crippen LogP contribution in [0.15, 0.2) is 6.33 Å². The lowest BCUT2D eigenvalue weighted by molar-refractivity contribution is 0.0130. The number of nitrogens with zero attached hydrogens (tertiary/aromatic N) is 2. The molecule has 19 heavy (non-hydrogen) atoms. The van der Waals surface area contributed by atoms with Crippen LogP contribution in [-0.2, 0) is 11.3 Å². The Labute approximate surface area is 113 Å². The summed E-state index contributed by atoms with van der Waals surface area (Å²) in [7, 11) is 3.20. The van der Waals surface area contributed by atoms with Crippen LogP contribution in [-0.4, -0.2) is 42.9 Å². The Hall–Kier alpha value is -1.40. The first kappa shape index (κ1) is 14.0. The molecule has 1 aliphatic heterocycles. The molecule has 1 aliphatic rings. The number of ether oxygens (including phenoxy) is 3. The van der Waals surface area contributed by atoms with E-state index >= 15 is 0 Å². The highest BCUT2D eigenvalue weighted by atomic mass is 16.5. The first-order chi connectivity index (χ1) is 9.24. The van der Waals surface area contributed by atoms with Gasteiger partial charge in [-0.25, -0.2) is 9.97 Å². The summed E-state index contributed by atoms with van der Waals surface area (Å²) in [6, 6.07) is 0.443. The van der Waals surface area contributed by atoms with Gasteiger partial charge in [0.05, 0.1) is 25.9 Å². The van der Waals surface area contributed by atoms with E-state index in [4.69, 9.17) is 14.2 Å². The maximum absolute atomic E-state index is 5.54. The number of methoxy groups -OCH3 is 2. The van der Waals surface area contributed by atoms with E-state index in [-0.39, 0.29) is 0 Å². The van der Waals surface area contributed by atoms with E-state index in [9.17, 15) is 0 Å². The van der Waals surface area contributed by atoms with E-state index in [0.717, 1.165) is 25.0 Å². The predicted octanol–water partition coefficient (Wildman–Crippen LogP) is 1.15. The van der Waals surface area contributed by atoms with Gasteiger partial charge in [0.25, 0.3) is 0 Å². The summed E-state index contributed by atoms with van der Waals surface area (Å²) >= 11 is 0. The number of aromatic nitrogens is 2. The molecule has 0 amide bonds. The third kappa shape index (κ3) is 3.54. The van der Waals surface area contributed by atoms with Crippen LogP contribution in [0.5, 0.6) is 11.8 Å². The second-order valence-electron chi connectivity index (χ2n) is 4.65. The number of hydrogen-bond donors (Lipinski definition) is 1. The molecular weight excluding hydrogens is 246 g/mol. The fraction of sp³-hybridized carbons (Fsp3) is 0.692. The fourth-order valence-corrected chi connectivity index (χ4v) is 2.31. The largest absolute Gasteiger partial charge is 0.481 e. The van der Waals surface area contributed by atoms with Crippen LogP contribution in [0.1, 0.15) is 25.3 Å². The second kappa shape index (κ2) is 6.68. The molecule has 106 valence electrons. The minimum Gasteiger partial charge on any atom is -0.481 e. The van der Waals surface area contributed by atoms with E-state index < -0.39 is 0 Å². The summed E-state index contributed by atoms with van der Waals surface area (Å²) in [5.41, 5.74) is 0.853. The standard InChI is InChI=1S/C13H21N3O3/c1-9-6-10(4-5-19-9)14-7-11-12(17-2)15-8-16-13(11)18-3/h8-10,14H,4-7H2,1-3H3. The van der Waals surface area contributed by atoms with Crippen molar-refractivity contribution in [2.24, 2.45) is 0 Å². The Morgan fingerprint density at radius 2 is 2.00 bits per heavy atom. The van der Waals surface area contributed by atoms with Crippen molar-refractivity contribution in [2.75, 3.05) is 20.8 Å². The van der Waals surface area contributed by atoms with Gasteiger partial charge in [-0.1, -0.05) is 0 Å². The number of nitrogens with one attached hydrogen (secondary N) is 1. The van der Waals surface area contributed by atoms with Crippen LogP contribution in [0.4, 0.5) is 0 Å². The lowest BCUT2D eigenvalue weighted by Gasteiger charge is -2.28. The van der Waals surface area contributed by atoms with E-state index in [0.29, 0.717) is 30.5 Å². The number of rotatable bonds is 5. The zero-order valence-electron chi connectivity index (χ0n) is 11.7. The van der Waals surface area contributed by atoms with Crippen molar-refractivity contribution in [2.45, 2.75) is 38.5 Å². The first-order valence-corrected chi connectivity index (χ1v) is 6.51. The molecule has 0 bridgehead atoms. The lowest BCUT2D eigenvalue weighted by atomic mass is 10.0. The SMILES string of the molecule is COc1ncnc(OC)c1CNC1CCOC(C)C1. The minimum absolute atomic E-state index is 0.307. The van der Waals surface area contributed by atoms with Crippen molar-refractivity contribution in [3.8, 4) is 11.8 Å². The van der Waals surface area contributed by atoms with Gasteiger partial charge in [-0.2, -0.15) is 0 Å². The molecule has 6 heteroatoms. The zero-order chi connectivity index (χ0) is 13.7. The Kier molecular flexibility index (Phi) is 4.93. The van der Waals surface area contributed by atoms with E-state index in [1.165, 1.54) is 6.33 Å². The van der Waals surface area contributed by atoms with E-state index in [1.54, 1.807) is 14.2 Å². The smallest absolute Gasteiger partial charge is 0.224 e. The molecular formula is C13H21N3O3. The quantitative estimate of drug-likeness (QED) is 0.863. The van der Waals surface area contributed by atoms with Crippen LogP contribution in [0.3, 0.4) is 0 Å².